The zero-order chi connectivity index (χ0) is 10.8. The lowest BCUT2D eigenvalue weighted by molar-refractivity contribution is 0.197. The Morgan fingerprint density at radius 3 is 2.43 bits per heavy atom. The lowest BCUT2D eigenvalue weighted by Crippen LogP contribution is -2.16. The summed E-state index contributed by atoms with van der Waals surface area (Å²) in [6.07, 6.45) is 0. The number of benzene rings is 1. The molecule has 78 valence electrons. The van der Waals surface area contributed by atoms with Gasteiger partial charge in [0.25, 0.3) is 0 Å². The molecule has 1 nitrogen and oxygen atoms in total. The van der Waals surface area contributed by atoms with Gasteiger partial charge in [0, 0.05) is 0 Å². The van der Waals surface area contributed by atoms with E-state index in [1.54, 1.807) is 19.1 Å². The second-order valence-corrected chi connectivity index (χ2v) is 4.76. The first kappa shape index (κ1) is 11.0. The first-order chi connectivity index (χ1) is 6.38. The van der Waals surface area contributed by atoms with Gasteiger partial charge in [0.2, 0.25) is 0 Å². The molecule has 0 radical (unpaired) electrons. The molecule has 0 saturated carbocycles. The maximum Gasteiger partial charge on any atom is 0.126 e. The highest BCUT2D eigenvalue weighted by Gasteiger charge is 2.11. The van der Waals surface area contributed by atoms with E-state index in [2.05, 4.69) is 20.8 Å². The fourth-order valence-electron chi connectivity index (χ4n) is 1.01. The largest absolute Gasteiger partial charge is 0.493 e. The van der Waals surface area contributed by atoms with Gasteiger partial charge in [0.15, 0.2) is 0 Å². The Bertz CT molecular complexity index is 313. The molecule has 0 aromatic heterocycles. The minimum Gasteiger partial charge on any atom is -0.493 e. The molecule has 14 heavy (non-hydrogen) atoms. The van der Waals surface area contributed by atoms with Crippen LogP contribution in [0.3, 0.4) is 0 Å². The zero-order valence-electron chi connectivity index (χ0n) is 9.23. The average Bonchev–Trinajstić information content (AvgIpc) is 2.06. The number of rotatable bonds is 2. The van der Waals surface area contributed by atoms with Gasteiger partial charge in [0.1, 0.15) is 11.6 Å². The van der Waals surface area contributed by atoms with Crippen LogP contribution < -0.4 is 4.74 Å². The maximum atomic E-state index is 12.9. The van der Waals surface area contributed by atoms with E-state index in [0.29, 0.717) is 12.2 Å². The van der Waals surface area contributed by atoms with Crippen molar-refractivity contribution in [3.63, 3.8) is 0 Å². The molecule has 0 atom stereocenters. The van der Waals surface area contributed by atoms with Crippen molar-refractivity contribution in [1.82, 2.24) is 0 Å². The number of ether oxygens (including phenoxy) is 1. The van der Waals surface area contributed by atoms with E-state index in [-0.39, 0.29) is 11.2 Å². The van der Waals surface area contributed by atoms with E-state index in [1.807, 2.05) is 0 Å². The molecule has 0 N–H and O–H groups in total. The molecule has 1 rings (SSSR count). The normalized spacial score (nSPS) is 11.5. The standard InChI is InChI=1S/C12H17FO/c1-9-7-10(5-6-11(9)13)14-8-12(2,3)4/h5-7H,8H2,1-4H3. The van der Waals surface area contributed by atoms with E-state index in [9.17, 15) is 4.39 Å². The van der Waals surface area contributed by atoms with Gasteiger partial charge in [-0.25, -0.2) is 4.39 Å². The SMILES string of the molecule is Cc1cc(OCC(C)(C)C)ccc1F. The van der Waals surface area contributed by atoms with E-state index < -0.39 is 0 Å². The number of hydrogen-bond acceptors (Lipinski definition) is 1. The first-order valence-corrected chi connectivity index (χ1v) is 4.77. The fraction of sp³-hybridized carbons (Fsp3) is 0.500. The highest BCUT2D eigenvalue weighted by atomic mass is 19.1. The number of aryl methyl sites for hydroxylation is 1. The van der Waals surface area contributed by atoms with Crippen LogP contribution in [0, 0.1) is 18.2 Å². The van der Waals surface area contributed by atoms with Gasteiger partial charge in [-0.3, -0.25) is 0 Å². The zero-order valence-corrected chi connectivity index (χ0v) is 9.23. The molecule has 0 heterocycles. The van der Waals surface area contributed by atoms with Crippen molar-refractivity contribution in [2.75, 3.05) is 6.61 Å². The molecule has 1 aromatic carbocycles. The second kappa shape index (κ2) is 3.99. The summed E-state index contributed by atoms with van der Waals surface area (Å²) in [5, 5.41) is 0. The Labute approximate surface area is 84.9 Å². The van der Waals surface area contributed by atoms with Gasteiger partial charge in [-0.05, 0) is 36.1 Å². The molecule has 0 aliphatic heterocycles. The van der Waals surface area contributed by atoms with Crippen molar-refractivity contribution in [2.45, 2.75) is 27.7 Å². The van der Waals surface area contributed by atoms with Crippen LogP contribution in [0.1, 0.15) is 26.3 Å². The summed E-state index contributed by atoms with van der Waals surface area (Å²) in [7, 11) is 0. The van der Waals surface area contributed by atoms with E-state index in [1.165, 1.54) is 6.07 Å². The highest BCUT2D eigenvalue weighted by molar-refractivity contribution is 5.28. The molecule has 0 saturated heterocycles. The van der Waals surface area contributed by atoms with Crippen LogP contribution in [0.5, 0.6) is 5.75 Å². The van der Waals surface area contributed by atoms with Crippen LogP contribution in [0.15, 0.2) is 18.2 Å². The minimum absolute atomic E-state index is 0.127. The van der Waals surface area contributed by atoms with Gasteiger partial charge >= 0.3 is 0 Å². The van der Waals surface area contributed by atoms with Crippen molar-refractivity contribution < 1.29 is 9.13 Å². The predicted molar refractivity (Wildman–Crippen MR) is 56.1 cm³/mol. The van der Waals surface area contributed by atoms with E-state index in [0.717, 1.165) is 5.75 Å². The van der Waals surface area contributed by atoms with Gasteiger partial charge in [-0.1, -0.05) is 20.8 Å². The lowest BCUT2D eigenvalue weighted by Gasteiger charge is -2.19. The van der Waals surface area contributed by atoms with Gasteiger partial charge in [-0.2, -0.15) is 0 Å². The van der Waals surface area contributed by atoms with Crippen molar-refractivity contribution >= 4 is 0 Å². The van der Waals surface area contributed by atoms with Gasteiger partial charge < -0.3 is 4.74 Å². The Hall–Kier alpha value is -1.05. The smallest absolute Gasteiger partial charge is 0.126 e. The molecule has 0 spiro atoms. The van der Waals surface area contributed by atoms with Gasteiger partial charge in [-0.15, -0.1) is 0 Å². The summed E-state index contributed by atoms with van der Waals surface area (Å²) >= 11 is 0. The molecule has 0 bridgehead atoms. The molecule has 0 aliphatic rings. The molecule has 0 aliphatic carbocycles. The third-order valence-electron chi connectivity index (χ3n) is 1.80. The number of halogens is 1. The van der Waals surface area contributed by atoms with Crippen molar-refractivity contribution in [1.29, 1.82) is 0 Å². The fourth-order valence-corrected chi connectivity index (χ4v) is 1.01. The summed E-state index contributed by atoms with van der Waals surface area (Å²) in [6.45, 7) is 8.67. The van der Waals surface area contributed by atoms with Crippen LogP contribution in [0.25, 0.3) is 0 Å². The summed E-state index contributed by atoms with van der Waals surface area (Å²) in [5.41, 5.74) is 0.749. The Balaban J connectivity index is 2.65. The first-order valence-electron chi connectivity index (χ1n) is 4.77. The second-order valence-electron chi connectivity index (χ2n) is 4.76. The monoisotopic (exact) mass is 196 g/mol. The lowest BCUT2D eigenvalue weighted by atomic mass is 9.99. The Morgan fingerprint density at radius 2 is 1.93 bits per heavy atom. The van der Waals surface area contributed by atoms with Crippen LogP contribution in [0.4, 0.5) is 4.39 Å². The topological polar surface area (TPSA) is 9.23 Å². The molecular weight excluding hydrogens is 179 g/mol. The minimum atomic E-state index is -0.187. The Morgan fingerprint density at radius 1 is 1.29 bits per heavy atom. The number of hydrogen-bond donors (Lipinski definition) is 0. The van der Waals surface area contributed by atoms with Crippen molar-refractivity contribution in [2.24, 2.45) is 5.41 Å². The molecular formula is C12H17FO. The molecule has 0 amide bonds. The van der Waals surface area contributed by atoms with E-state index >= 15 is 0 Å². The van der Waals surface area contributed by atoms with Crippen LogP contribution in [-0.2, 0) is 0 Å². The van der Waals surface area contributed by atoms with Crippen molar-refractivity contribution in [3.8, 4) is 5.75 Å². The molecule has 2 heteroatoms. The summed E-state index contributed by atoms with van der Waals surface area (Å²) in [6, 6.07) is 4.82. The Kier molecular flexibility index (Phi) is 3.14. The van der Waals surface area contributed by atoms with Crippen molar-refractivity contribution in [3.05, 3.63) is 29.6 Å². The molecule has 0 unspecified atom stereocenters. The van der Waals surface area contributed by atoms with E-state index in [4.69, 9.17) is 4.74 Å². The van der Waals surface area contributed by atoms with Crippen LogP contribution >= 0.6 is 0 Å². The van der Waals surface area contributed by atoms with Crippen LogP contribution in [-0.4, -0.2) is 6.61 Å². The predicted octanol–water partition coefficient (Wildman–Crippen LogP) is 3.56. The maximum absolute atomic E-state index is 12.9. The third kappa shape index (κ3) is 3.36. The summed E-state index contributed by atoms with van der Waals surface area (Å²) in [5.74, 6) is 0.548. The third-order valence-corrected chi connectivity index (χ3v) is 1.80. The summed E-state index contributed by atoms with van der Waals surface area (Å²) < 4.78 is 18.5. The van der Waals surface area contributed by atoms with Gasteiger partial charge in [0.05, 0.1) is 6.61 Å². The summed E-state index contributed by atoms with van der Waals surface area (Å²) in [4.78, 5) is 0. The molecule has 1 aromatic rings. The quantitative estimate of drug-likeness (QED) is 0.702. The highest BCUT2D eigenvalue weighted by Crippen LogP contribution is 2.19. The molecule has 0 fully saturated rings. The van der Waals surface area contributed by atoms with Crippen LogP contribution in [0.2, 0.25) is 0 Å². The average molecular weight is 196 g/mol.